The molecule has 0 unspecified atom stereocenters. The van der Waals surface area contributed by atoms with Crippen molar-refractivity contribution in [2.24, 2.45) is 0 Å². The summed E-state index contributed by atoms with van der Waals surface area (Å²) in [4.78, 5) is 13.0. The molecule has 6 nitrogen and oxygen atoms in total. The minimum absolute atomic E-state index is 0.0406. The van der Waals surface area contributed by atoms with Crippen molar-refractivity contribution in [1.29, 1.82) is 0 Å². The van der Waals surface area contributed by atoms with Crippen molar-refractivity contribution in [3.63, 3.8) is 0 Å². The molecule has 1 heterocycles. The number of nitrogens with zero attached hydrogens (tertiary/aromatic N) is 2. The minimum atomic E-state index is -3.56. The number of rotatable bonds is 3. The molecule has 1 aromatic carbocycles. The van der Waals surface area contributed by atoms with E-state index in [1.54, 1.807) is 19.2 Å². The highest BCUT2D eigenvalue weighted by Gasteiger charge is 2.30. The van der Waals surface area contributed by atoms with Crippen LogP contribution in [0, 0.1) is 0 Å². The monoisotopic (exact) mass is 284 g/mol. The summed E-state index contributed by atoms with van der Waals surface area (Å²) in [5.74, 6) is 0.561. The van der Waals surface area contributed by atoms with Gasteiger partial charge in [0.2, 0.25) is 15.9 Å². The maximum atomic E-state index is 12.4. The number of carbonyl (C=O) groups excluding carboxylic acids is 1. The van der Waals surface area contributed by atoms with Crippen molar-refractivity contribution in [2.75, 3.05) is 27.4 Å². The quantitative estimate of drug-likeness (QED) is 0.811. The first-order valence-corrected chi connectivity index (χ1v) is 7.27. The molecule has 1 aliphatic rings. The molecule has 0 atom stereocenters. The van der Waals surface area contributed by atoms with Crippen LogP contribution in [0.3, 0.4) is 0 Å². The second-order valence-electron chi connectivity index (χ2n) is 4.34. The molecule has 7 heteroatoms. The van der Waals surface area contributed by atoms with E-state index in [0.29, 0.717) is 5.75 Å². The number of hydrogen-bond donors (Lipinski definition) is 0. The molecule has 0 saturated carbocycles. The van der Waals surface area contributed by atoms with Crippen LogP contribution in [0.5, 0.6) is 5.75 Å². The van der Waals surface area contributed by atoms with Gasteiger partial charge in [-0.2, -0.15) is 4.31 Å². The number of amides is 1. The summed E-state index contributed by atoms with van der Waals surface area (Å²) in [7, 11) is -0.442. The van der Waals surface area contributed by atoms with E-state index in [4.69, 9.17) is 4.74 Å². The van der Waals surface area contributed by atoms with Crippen LogP contribution in [0.2, 0.25) is 0 Å². The summed E-state index contributed by atoms with van der Waals surface area (Å²) in [6, 6.07) is 6.21. The normalized spacial score (nSPS) is 17.6. The van der Waals surface area contributed by atoms with Gasteiger partial charge < -0.3 is 9.64 Å². The zero-order valence-corrected chi connectivity index (χ0v) is 11.7. The van der Waals surface area contributed by atoms with E-state index in [1.807, 2.05) is 0 Å². The molecule has 104 valence electrons. The van der Waals surface area contributed by atoms with Crippen LogP contribution in [0.15, 0.2) is 29.2 Å². The smallest absolute Gasteiger partial charge is 0.244 e. The van der Waals surface area contributed by atoms with Crippen LogP contribution in [-0.2, 0) is 14.8 Å². The van der Waals surface area contributed by atoms with Gasteiger partial charge in [-0.1, -0.05) is 0 Å². The molecule has 19 heavy (non-hydrogen) atoms. The zero-order chi connectivity index (χ0) is 14.0. The fourth-order valence-electron chi connectivity index (χ4n) is 1.89. The SMILES string of the molecule is COc1ccc(S(=O)(=O)N2CCC(=O)N(C)C2)cc1. The molecule has 0 N–H and O–H groups in total. The molecule has 0 bridgehead atoms. The van der Waals surface area contributed by atoms with Crippen molar-refractivity contribution >= 4 is 15.9 Å². The lowest BCUT2D eigenvalue weighted by atomic mass is 10.3. The summed E-state index contributed by atoms with van der Waals surface area (Å²) >= 11 is 0. The molecule has 0 radical (unpaired) electrons. The second-order valence-corrected chi connectivity index (χ2v) is 6.28. The number of ether oxygens (including phenoxy) is 1. The molecule has 1 saturated heterocycles. The van der Waals surface area contributed by atoms with Gasteiger partial charge in [-0.05, 0) is 24.3 Å². The van der Waals surface area contributed by atoms with Gasteiger partial charge in [0.15, 0.2) is 0 Å². The average Bonchev–Trinajstić information content (AvgIpc) is 2.41. The van der Waals surface area contributed by atoms with E-state index in [2.05, 4.69) is 0 Å². The van der Waals surface area contributed by atoms with Crippen molar-refractivity contribution in [1.82, 2.24) is 9.21 Å². The third kappa shape index (κ3) is 2.71. The van der Waals surface area contributed by atoms with Gasteiger partial charge in [-0.3, -0.25) is 4.79 Å². The average molecular weight is 284 g/mol. The van der Waals surface area contributed by atoms with E-state index in [0.717, 1.165) is 0 Å². The first-order chi connectivity index (χ1) is 8.95. The Kier molecular flexibility index (Phi) is 3.77. The van der Waals surface area contributed by atoms with Gasteiger partial charge in [0, 0.05) is 20.0 Å². The summed E-state index contributed by atoms with van der Waals surface area (Å²) in [6.45, 7) is 0.310. The predicted octanol–water partition coefficient (Wildman–Crippen LogP) is 0.505. The van der Waals surface area contributed by atoms with Crippen LogP contribution < -0.4 is 4.74 Å². The van der Waals surface area contributed by atoms with Crippen LogP contribution >= 0.6 is 0 Å². The maximum absolute atomic E-state index is 12.4. The first-order valence-electron chi connectivity index (χ1n) is 5.83. The van der Waals surface area contributed by atoms with Gasteiger partial charge >= 0.3 is 0 Å². The fraction of sp³-hybridized carbons (Fsp3) is 0.417. The minimum Gasteiger partial charge on any atom is -0.497 e. The number of sulfonamides is 1. The molecule has 1 aromatic rings. The van der Waals surface area contributed by atoms with Crippen LogP contribution in [-0.4, -0.2) is 50.9 Å². The Bertz CT molecular complexity index is 568. The number of benzene rings is 1. The first kappa shape index (κ1) is 13.8. The predicted molar refractivity (Wildman–Crippen MR) is 69.1 cm³/mol. The Hall–Kier alpha value is -1.60. The van der Waals surface area contributed by atoms with E-state index in [-0.39, 0.29) is 30.4 Å². The highest BCUT2D eigenvalue weighted by molar-refractivity contribution is 7.89. The maximum Gasteiger partial charge on any atom is 0.244 e. The summed E-state index contributed by atoms with van der Waals surface area (Å²) in [6.07, 6.45) is 0.214. The largest absolute Gasteiger partial charge is 0.497 e. The van der Waals surface area contributed by atoms with Crippen molar-refractivity contribution in [2.45, 2.75) is 11.3 Å². The molecule has 1 amide bonds. The molecule has 1 aliphatic heterocycles. The molecule has 1 fully saturated rings. The van der Waals surface area contributed by atoms with E-state index < -0.39 is 10.0 Å². The summed E-state index contributed by atoms with van der Waals surface area (Å²) < 4.78 is 31.1. The van der Waals surface area contributed by atoms with E-state index in [1.165, 1.54) is 28.4 Å². The third-order valence-corrected chi connectivity index (χ3v) is 4.91. The van der Waals surface area contributed by atoms with Crippen molar-refractivity contribution in [3.8, 4) is 5.75 Å². The molecule has 0 aromatic heterocycles. The number of hydrogen-bond acceptors (Lipinski definition) is 4. The topological polar surface area (TPSA) is 66.9 Å². The Labute approximate surface area is 112 Å². The Morgan fingerprint density at radius 3 is 2.37 bits per heavy atom. The number of carbonyl (C=O) groups is 1. The Morgan fingerprint density at radius 2 is 1.84 bits per heavy atom. The van der Waals surface area contributed by atoms with Crippen molar-refractivity contribution < 1.29 is 17.9 Å². The highest BCUT2D eigenvalue weighted by Crippen LogP contribution is 2.21. The molecular formula is C12H16N2O4S. The van der Waals surface area contributed by atoms with Gasteiger partial charge in [-0.25, -0.2) is 8.42 Å². The van der Waals surface area contributed by atoms with Gasteiger partial charge in [0.05, 0.1) is 18.7 Å². The lowest BCUT2D eigenvalue weighted by molar-refractivity contribution is -0.133. The second kappa shape index (κ2) is 5.18. The fourth-order valence-corrected chi connectivity index (χ4v) is 3.33. The van der Waals surface area contributed by atoms with Crippen LogP contribution in [0.4, 0.5) is 0 Å². The zero-order valence-electron chi connectivity index (χ0n) is 10.9. The van der Waals surface area contributed by atoms with E-state index in [9.17, 15) is 13.2 Å². The molecule has 2 rings (SSSR count). The van der Waals surface area contributed by atoms with Gasteiger partial charge in [0.1, 0.15) is 5.75 Å². The number of methoxy groups -OCH3 is 1. The van der Waals surface area contributed by atoms with Crippen molar-refractivity contribution in [3.05, 3.63) is 24.3 Å². The summed E-state index contributed by atoms with van der Waals surface area (Å²) in [5, 5.41) is 0. The Balaban J connectivity index is 2.24. The van der Waals surface area contributed by atoms with Crippen LogP contribution in [0.1, 0.15) is 6.42 Å². The van der Waals surface area contributed by atoms with Crippen LogP contribution in [0.25, 0.3) is 0 Å². The Morgan fingerprint density at radius 1 is 1.21 bits per heavy atom. The van der Waals surface area contributed by atoms with E-state index >= 15 is 0 Å². The molecular weight excluding hydrogens is 268 g/mol. The van der Waals surface area contributed by atoms with Gasteiger partial charge in [0.25, 0.3) is 0 Å². The molecule has 0 spiro atoms. The lowest BCUT2D eigenvalue weighted by Crippen LogP contribution is -2.48. The van der Waals surface area contributed by atoms with Gasteiger partial charge in [-0.15, -0.1) is 0 Å². The lowest BCUT2D eigenvalue weighted by Gasteiger charge is -2.32. The third-order valence-electron chi connectivity index (χ3n) is 3.07. The standard InChI is InChI=1S/C12H16N2O4S/c1-13-9-14(8-7-12(13)15)19(16,17)11-5-3-10(18-2)4-6-11/h3-6H,7-9H2,1-2H3. The highest BCUT2D eigenvalue weighted by atomic mass is 32.2. The summed E-state index contributed by atoms with van der Waals surface area (Å²) in [5.41, 5.74) is 0. The molecule has 0 aliphatic carbocycles.